The largest absolute Gasteiger partial charge is 0.381 e. The van der Waals surface area contributed by atoms with Crippen molar-refractivity contribution in [1.29, 1.82) is 0 Å². The molecule has 1 atom stereocenters. The Hall–Kier alpha value is -1.65. The minimum absolute atomic E-state index is 0.119. The summed E-state index contributed by atoms with van der Waals surface area (Å²) in [6, 6.07) is 10.5. The van der Waals surface area contributed by atoms with Crippen LogP contribution >= 0.6 is 0 Å². The second-order valence-electron chi connectivity index (χ2n) is 4.96. The first kappa shape index (κ1) is 12.4. The van der Waals surface area contributed by atoms with Gasteiger partial charge in [0.15, 0.2) is 0 Å². The predicted molar refractivity (Wildman–Crippen MR) is 73.8 cm³/mol. The molecule has 2 aromatic rings. The third kappa shape index (κ3) is 2.55. The maximum absolute atomic E-state index is 6.38. The molecule has 2 N–H and O–H groups in total. The van der Waals surface area contributed by atoms with E-state index >= 15 is 0 Å². The van der Waals surface area contributed by atoms with Crippen molar-refractivity contribution < 1.29 is 4.74 Å². The second-order valence-corrected chi connectivity index (χ2v) is 4.96. The van der Waals surface area contributed by atoms with Gasteiger partial charge < -0.3 is 15.0 Å². The maximum Gasteiger partial charge on any atom is 0.0951 e. The Kier molecular flexibility index (Phi) is 3.62. The third-order valence-corrected chi connectivity index (χ3v) is 3.76. The average molecular weight is 257 g/mol. The first-order valence-corrected chi connectivity index (χ1v) is 6.76. The zero-order chi connectivity index (χ0) is 13.1. The zero-order valence-corrected chi connectivity index (χ0v) is 10.9. The van der Waals surface area contributed by atoms with E-state index in [4.69, 9.17) is 10.5 Å². The van der Waals surface area contributed by atoms with Gasteiger partial charge in [0, 0.05) is 19.3 Å². The van der Waals surface area contributed by atoms with Crippen LogP contribution in [0.25, 0.3) is 0 Å². The number of nitrogens with zero attached hydrogens (tertiary/aromatic N) is 2. The highest BCUT2D eigenvalue weighted by Crippen LogP contribution is 2.27. The van der Waals surface area contributed by atoms with Crippen LogP contribution in [0, 0.1) is 0 Å². The van der Waals surface area contributed by atoms with Crippen LogP contribution in [0.2, 0.25) is 0 Å². The quantitative estimate of drug-likeness (QED) is 0.917. The minimum atomic E-state index is -0.119. The summed E-state index contributed by atoms with van der Waals surface area (Å²) in [5, 5.41) is 0. The molecule has 1 aliphatic heterocycles. The highest BCUT2D eigenvalue weighted by molar-refractivity contribution is 5.26. The number of nitrogens with two attached hydrogens (primary N) is 1. The number of hydrogen-bond acceptors (Lipinski definition) is 3. The third-order valence-electron chi connectivity index (χ3n) is 3.76. The monoisotopic (exact) mass is 257 g/mol. The van der Waals surface area contributed by atoms with Gasteiger partial charge in [0.05, 0.1) is 24.3 Å². The summed E-state index contributed by atoms with van der Waals surface area (Å²) in [5.74, 6) is 0. The summed E-state index contributed by atoms with van der Waals surface area (Å²) in [6.45, 7) is 1.64. The van der Waals surface area contributed by atoms with Crippen LogP contribution in [0.15, 0.2) is 42.9 Å². The first-order valence-electron chi connectivity index (χ1n) is 6.76. The van der Waals surface area contributed by atoms with E-state index in [9.17, 15) is 0 Å². The van der Waals surface area contributed by atoms with Crippen LogP contribution in [0.5, 0.6) is 0 Å². The SMILES string of the molecule is NC(c1ccccc1)c1cncn1C1CCOCC1. The second kappa shape index (κ2) is 5.55. The maximum atomic E-state index is 6.38. The standard InChI is InChI=1S/C15H19N3O/c16-15(12-4-2-1-3-5-12)14-10-17-11-18(14)13-6-8-19-9-7-13/h1-5,10-11,13,15H,6-9,16H2. The van der Waals surface area contributed by atoms with E-state index < -0.39 is 0 Å². The number of benzene rings is 1. The van der Waals surface area contributed by atoms with E-state index in [-0.39, 0.29) is 6.04 Å². The predicted octanol–water partition coefficient (Wildman–Crippen LogP) is 2.28. The Morgan fingerprint density at radius 3 is 2.68 bits per heavy atom. The Balaban J connectivity index is 1.87. The molecule has 0 amide bonds. The molecule has 4 nitrogen and oxygen atoms in total. The van der Waals surface area contributed by atoms with Gasteiger partial charge in [0.25, 0.3) is 0 Å². The first-order chi connectivity index (χ1) is 9.36. The van der Waals surface area contributed by atoms with Gasteiger partial charge in [-0.25, -0.2) is 4.98 Å². The highest BCUT2D eigenvalue weighted by Gasteiger charge is 2.21. The molecule has 19 heavy (non-hydrogen) atoms. The van der Waals surface area contributed by atoms with Crippen LogP contribution in [0.3, 0.4) is 0 Å². The molecule has 100 valence electrons. The molecule has 1 unspecified atom stereocenters. The fourth-order valence-corrected chi connectivity index (χ4v) is 2.66. The van der Waals surface area contributed by atoms with Gasteiger partial charge in [0.1, 0.15) is 0 Å². The Morgan fingerprint density at radius 2 is 1.95 bits per heavy atom. The molecule has 3 rings (SSSR count). The zero-order valence-electron chi connectivity index (χ0n) is 10.9. The molecule has 2 heterocycles. The fourth-order valence-electron chi connectivity index (χ4n) is 2.66. The Labute approximate surface area is 113 Å². The van der Waals surface area contributed by atoms with Crippen molar-refractivity contribution in [3.05, 3.63) is 54.1 Å². The minimum Gasteiger partial charge on any atom is -0.381 e. The summed E-state index contributed by atoms with van der Waals surface area (Å²) in [6.07, 6.45) is 5.84. The van der Waals surface area contributed by atoms with Crippen molar-refractivity contribution in [3.63, 3.8) is 0 Å². The van der Waals surface area contributed by atoms with Crippen molar-refractivity contribution >= 4 is 0 Å². The molecular formula is C15H19N3O. The van der Waals surface area contributed by atoms with E-state index in [0.29, 0.717) is 6.04 Å². The molecule has 1 saturated heterocycles. The molecule has 1 aromatic heterocycles. The lowest BCUT2D eigenvalue weighted by atomic mass is 10.0. The smallest absolute Gasteiger partial charge is 0.0951 e. The summed E-state index contributed by atoms with van der Waals surface area (Å²) in [7, 11) is 0. The van der Waals surface area contributed by atoms with Crippen LogP contribution < -0.4 is 5.73 Å². The van der Waals surface area contributed by atoms with Crippen LogP contribution in [0.1, 0.15) is 36.2 Å². The molecule has 0 saturated carbocycles. The molecule has 4 heteroatoms. The fraction of sp³-hybridized carbons (Fsp3) is 0.400. The van der Waals surface area contributed by atoms with E-state index in [1.165, 1.54) is 0 Å². The van der Waals surface area contributed by atoms with E-state index in [1.807, 2.05) is 30.7 Å². The lowest BCUT2D eigenvalue weighted by Gasteiger charge is -2.26. The topological polar surface area (TPSA) is 53.1 Å². The highest BCUT2D eigenvalue weighted by atomic mass is 16.5. The van der Waals surface area contributed by atoms with Gasteiger partial charge in [-0.15, -0.1) is 0 Å². The van der Waals surface area contributed by atoms with Crippen molar-refractivity contribution in [1.82, 2.24) is 9.55 Å². The number of hydrogen-bond donors (Lipinski definition) is 1. The normalized spacial score (nSPS) is 18.4. The van der Waals surface area contributed by atoms with Crippen molar-refractivity contribution in [2.24, 2.45) is 5.73 Å². The van der Waals surface area contributed by atoms with Crippen LogP contribution in [0.4, 0.5) is 0 Å². The lowest BCUT2D eigenvalue weighted by Crippen LogP contribution is -2.24. The van der Waals surface area contributed by atoms with Crippen molar-refractivity contribution in [3.8, 4) is 0 Å². The number of imidazole rings is 1. The number of rotatable bonds is 3. The van der Waals surface area contributed by atoms with Crippen LogP contribution in [-0.2, 0) is 4.74 Å². The molecule has 1 aromatic carbocycles. The van der Waals surface area contributed by atoms with E-state index in [2.05, 4.69) is 21.7 Å². The molecule has 0 bridgehead atoms. The lowest BCUT2D eigenvalue weighted by molar-refractivity contribution is 0.0687. The van der Waals surface area contributed by atoms with Gasteiger partial charge >= 0.3 is 0 Å². The van der Waals surface area contributed by atoms with E-state index in [1.54, 1.807) is 0 Å². The summed E-state index contributed by atoms with van der Waals surface area (Å²) < 4.78 is 7.64. The van der Waals surface area contributed by atoms with Crippen LogP contribution in [-0.4, -0.2) is 22.8 Å². The summed E-state index contributed by atoms with van der Waals surface area (Å²) in [4.78, 5) is 4.29. The van der Waals surface area contributed by atoms with Gasteiger partial charge in [-0.1, -0.05) is 30.3 Å². The van der Waals surface area contributed by atoms with Gasteiger partial charge in [-0.3, -0.25) is 0 Å². The van der Waals surface area contributed by atoms with Gasteiger partial charge in [-0.2, -0.15) is 0 Å². The van der Waals surface area contributed by atoms with E-state index in [0.717, 1.165) is 37.3 Å². The van der Waals surface area contributed by atoms with Gasteiger partial charge in [0.2, 0.25) is 0 Å². The number of ether oxygens (including phenoxy) is 1. The number of aromatic nitrogens is 2. The summed E-state index contributed by atoms with van der Waals surface area (Å²) in [5.41, 5.74) is 8.58. The molecule has 0 radical (unpaired) electrons. The molecule has 0 aliphatic carbocycles. The molecule has 1 aliphatic rings. The van der Waals surface area contributed by atoms with Crippen molar-refractivity contribution in [2.75, 3.05) is 13.2 Å². The van der Waals surface area contributed by atoms with Crippen molar-refractivity contribution in [2.45, 2.75) is 24.9 Å². The molecule has 1 fully saturated rings. The van der Waals surface area contributed by atoms with Gasteiger partial charge in [-0.05, 0) is 18.4 Å². The summed E-state index contributed by atoms with van der Waals surface area (Å²) >= 11 is 0. The molecule has 0 spiro atoms. The Bertz CT molecular complexity index is 517. The molecular weight excluding hydrogens is 238 g/mol. The average Bonchev–Trinajstić information content (AvgIpc) is 2.98. The Morgan fingerprint density at radius 1 is 1.21 bits per heavy atom.